The number of urea groups is 1. The molecule has 0 atom stereocenters. The average Bonchev–Trinajstić information content (AvgIpc) is 2.39. The number of hydrogen-bond acceptors (Lipinski definition) is 3. The van der Waals surface area contributed by atoms with Gasteiger partial charge in [0.05, 0.1) is 4.90 Å². The van der Waals surface area contributed by atoms with Gasteiger partial charge in [-0.1, -0.05) is 34.8 Å². The minimum absolute atomic E-state index is 0.144. The van der Waals surface area contributed by atoms with Gasteiger partial charge in [0.15, 0.2) is 0 Å². The first kappa shape index (κ1) is 16.9. The number of sulfonamides is 1. The van der Waals surface area contributed by atoms with Gasteiger partial charge < -0.3 is 5.32 Å². The van der Waals surface area contributed by atoms with Crippen molar-refractivity contribution in [2.45, 2.75) is 4.90 Å². The molecule has 0 aromatic heterocycles. The van der Waals surface area contributed by atoms with E-state index < -0.39 is 16.1 Å². The molecule has 2 rings (SSSR count). The number of halogens is 3. The standard InChI is InChI=1S/C13H9Cl3N2O3S/c14-8-1-3-11(4-2-8)17-13(19)18-22(20,21)12-6-9(15)5-10(16)7-12/h1-7H,(H2,17,18,19). The highest BCUT2D eigenvalue weighted by molar-refractivity contribution is 7.90. The zero-order chi connectivity index (χ0) is 16.3. The van der Waals surface area contributed by atoms with Crippen molar-refractivity contribution in [1.82, 2.24) is 4.72 Å². The lowest BCUT2D eigenvalue weighted by atomic mass is 10.3. The van der Waals surface area contributed by atoms with Gasteiger partial charge in [-0.3, -0.25) is 0 Å². The Morgan fingerprint density at radius 1 is 0.864 bits per heavy atom. The smallest absolute Gasteiger partial charge is 0.307 e. The molecule has 0 heterocycles. The maximum absolute atomic E-state index is 12.1. The molecular weight excluding hydrogens is 371 g/mol. The molecule has 2 aromatic rings. The highest BCUT2D eigenvalue weighted by Crippen LogP contribution is 2.22. The molecule has 9 heteroatoms. The summed E-state index contributed by atoms with van der Waals surface area (Å²) < 4.78 is 26.0. The van der Waals surface area contributed by atoms with Crippen molar-refractivity contribution < 1.29 is 13.2 Å². The number of carbonyl (C=O) groups is 1. The molecule has 0 spiro atoms. The van der Waals surface area contributed by atoms with Crippen LogP contribution in [0.1, 0.15) is 0 Å². The van der Waals surface area contributed by atoms with Crippen LogP contribution in [0.3, 0.4) is 0 Å². The van der Waals surface area contributed by atoms with Crippen LogP contribution in [0.15, 0.2) is 47.4 Å². The van der Waals surface area contributed by atoms with Crippen molar-refractivity contribution in [2.24, 2.45) is 0 Å². The van der Waals surface area contributed by atoms with Crippen LogP contribution in [0.5, 0.6) is 0 Å². The lowest BCUT2D eigenvalue weighted by Crippen LogP contribution is -2.34. The number of rotatable bonds is 3. The van der Waals surface area contributed by atoms with Crippen molar-refractivity contribution >= 4 is 56.5 Å². The lowest BCUT2D eigenvalue weighted by molar-refractivity contribution is 0.256. The van der Waals surface area contributed by atoms with Gasteiger partial charge in [-0.05, 0) is 42.5 Å². The van der Waals surface area contributed by atoms with E-state index in [1.807, 2.05) is 4.72 Å². The van der Waals surface area contributed by atoms with Gasteiger partial charge in [0.2, 0.25) is 0 Å². The summed E-state index contributed by atoms with van der Waals surface area (Å²) in [5, 5.41) is 3.15. The molecule has 0 bridgehead atoms. The molecule has 0 aliphatic heterocycles. The quantitative estimate of drug-likeness (QED) is 0.841. The van der Waals surface area contributed by atoms with Crippen molar-refractivity contribution in [3.05, 3.63) is 57.5 Å². The summed E-state index contributed by atoms with van der Waals surface area (Å²) in [6.45, 7) is 0. The average molecular weight is 380 g/mol. The largest absolute Gasteiger partial charge is 0.333 e. The molecule has 0 fully saturated rings. The number of benzene rings is 2. The predicted molar refractivity (Wildman–Crippen MR) is 87.3 cm³/mol. The van der Waals surface area contributed by atoms with Crippen molar-refractivity contribution in [2.75, 3.05) is 5.32 Å². The van der Waals surface area contributed by atoms with E-state index in [1.54, 1.807) is 12.1 Å². The number of hydrogen-bond donors (Lipinski definition) is 2. The monoisotopic (exact) mass is 378 g/mol. The highest BCUT2D eigenvalue weighted by atomic mass is 35.5. The second-order valence-electron chi connectivity index (χ2n) is 4.17. The van der Waals surface area contributed by atoms with Crippen LogP contribution in [0.25, 0.3) is 0 Å². The molecule has 5 nitrogen and oxygen atoms in total. The fourth-order valence-corrected chi connectivity index (χ4v) is 3.31. The van der Waals surface area contributed by atoms with Gasteiger partial charge in [0.25, 0.3) is 10.0 Å². The minimum atomic E-state index is -4.09. The summed E-state index contributed by atoms with van der Waals surface area (Å²) in [7, 11) is -4.09. The first-order valence-electron chi connectivity index (χ1n) is 5.82. The molecule has 2 amide bonds. The molecule has 2 aromatic carbocycles. The van der Waals surface area contributed by atoms with Crippen LogP contribution in [0.2, 0.25) is 15.1 Å². The SMILES string of the molecule is O=C(Nc1ccc(Cl)cc1)NS(=O)(=O)c1cc(Cl)cc(Cl)c1. The van der Waals surface area contributed by atoms with Crippen molar-refractivity contribution in [3.63, 3.8) is 0 Å². The summed E-state index contributed by atoms with van der Waals surface area (Å²) in [5.41, 5.74) is 0.390. The van der Waals surface area contributed by atoms with Crippen LogP contribution in [0, 0.1) is 0 Å². The second-order valence-corrected chi connectivity index (χ2v) is 7.16. The van der Waals surface area contributed by atoms with Gasteiger partial charge in [-0.2, -0.15) is 0 Å². The van der Waals surface area contributed by atoms with E-state index in [-0.39, 0.29) is 14.9 Å². The Balaban J connectivity index is 2.14. The van der Waals surface area contributed by atoms with Gasteiger partial charge >= 0.3 is 6.03 Å². The van der Waals surface area contributed by atoms with E-state index >= 15 is 0 Å². The zero-order valence-corrected chi connectivity index (χ0v) is 13.9. The molecule has 116 valence electrons. The third-order valence-corrected chi connectivity index (χ3v) is 4.47. The van der Waals surface area contributed by atoms with E-state index in [0.717, 1.165) is 0 Å². The first-order valence-corrected chi connectivity index (χ1v) is 8.43. The number of carbonyl (C=O) groups excluding carboxylic acids is 1. The first-order chi connectivity index (χ1) is 10.3. The van der Waals surface area contributed by atoms with Crippen LogP contribution >= 0.6 is 34.8 Å². The van der Waals surface area contributed by atoms with Gasteiger partial charge in [0.1, 0.15) is 0 Å². The summed E-state index contributed by atoms with van der Waals surface area (Å²) in [4.78, 5) is 11.5. The summed E-state index contributed by atoms with van der Waals surface area (Å²) in [6.07, 6.45) is 0. The molecule has 0 saturated heterocycles. The summed E-state index contributed by atoms with van der Waals surface area (Å²) in [5.74, 6) is 0. The van der Waals surface area contributed by atoms with Crippen molar-refractivity contribution in [3.8, 4) is 0 Å². The normalized spacial score (nSPS) is 11.0. The molecule has 0 aliphatic carbocycles. The number of amides is 2. The Labute approximate surface area is 142 Å². The fraction of sp³-hybridized carbons (Fsp3) is 0. The maximum Gasteiger partial charge on any atom is 0.333 e. The Morgan fingerprint density at radius 3 is 1.95 bits per heavy atom. The van der Waals surface area contributed by atoms with Crippen LogP contribution in [0.4, 0.5) is 10.5 Å². The Morgan fingerprint density at radius 2 is 1.41 bits per heavy atom. The van der Waals surface area contributed by atoms with Crippen LogP contribution < -0.4 is 10.0 Å². The molecule has 0 radical (unpaired) electrons. The third kappa shape index (κ3) is 4.51. The van der Waals surface area contributed by atoms with Crippen LogP contribution in [-0.2, 0) is 10.0 Å². The highest BCUT2D eigenvalue weighted by Gasteiger charge is 2.18. The molecule has 0 saturated carbocycles. The van der Waals surface area contributed by atoms with Gasteiger partial charge in [-0.25, -0.2) is 17.9 Å². The van der Waals surface area contributed by atoms with E-state index in [2.05, 4.69) is 5.32 Å². The van der Waals surface area contributed by atoms with Gasteiger partial charge in [0, 0.05) is 20.8 Å². The summed E-state index contributed by atoms with van der Waals surface area (Å²) in [6, 6.07) is 9.02. The predicted octanol–water partition coefficient (Wildman–Crippen LogP) is 4.16. The minimum Gasteiger partial charge on any atom is -0.307 e. The zero-order valence-electron chi connectivity index (χ0n) is 10.8. The molecule has 22 heavy (non-hydrogen) atoms. The van der Waals surface area contributed by atoms with Crippen molar-refractivity contribution in [1.29, 1.82) is 0 Å². The van der Waals surface area contributed by atoms with Crippen LogP contribution in [-0.4, -0.2) is 14.4 Å². The lowest BCUT2D eigenvalue weighted by Gasteiger charge is -2.09. The number of nitrogens with one attached hydrogen (secondary N) is 2. The second kappa shape index (κ2) is 6.75. The maximum atomic E-state index is 12.1. The number of anilines is 1. The molecular formula is C13H9Cl3N2O3S. The topological polar surface area (TPSA) is 75.3 Å². The summed E-state index contributed by atoms with van der Waals surface area (Å²) >= 11 is 17.2. The van der Waals surface area contributed by atoms with E-state index in [0.29, 0.717) is 10.7 Å². The Kier molecular flexibility index (Phi) is 5.18. The molecule has 0 unspecified atom stereocenters. The van der Waals surface area contributed by atoms with E-state index in [1.165, 1.54) is 30.3 Å². The van der Waals surface area contributed by atoms with Gasteiger partial charge in [-0.15, -0.1) is 0 Å². The Hall–Kier alpha value is -1.47. The van der Waals surface area contributed by atoms with E-state index in [4.69, 9.17) is 34.8 Å². The molecule has 2 N–H and O–H groups in total. The third-order valence-electron chi connectivity index (χ3n) is 2.48. The van der Waals surface area contributed by atoms with E-state index in [9.17, 15) is 13.2 Å². The fourth-order valence-electron chi connectivity index (χ4n) is 1.55. The molecule has 0 aliphatic rings. The Bertz CT molecular complexity index is 788.